The molecule has 218 valence electrons. The highest BCUT2D eigenvalue weighted by Gasteiger charge is 2.39. The number of carbonyl (C=O) groups is 2. The van der Waals surface area contributed by atoms with Crippen molar-refractivity contribution in [1.82, 2.24) is 29.1 Å². The number of benzene rings is 1. The van der Waals surface area contributed by atoms with E-state index in [1.165, 1.54) is 21.8 Å². The number of amides is 2. The molecule has 3 aromatic rings. The molecule has 14 heteroatoms. The molecule has 0 radical (unpaired) electrons. The predicted octanol–water partition coefficient (Wildman–Crippen LogP) is 0.0146. The van der Waals surface area contributed by atoms with Gasteiger partial charge in [0.25, 0.3) is 5.56 Å². The van der Waals surface area contributed by atoms with Gasteiger partial charge in [-0.3, -0.25) is 23.9 Å². The number of piperidine rings is 1. The van der Waals surface area contributed by atoms with E-state index in [1.807, 2.05) is 9.80 Å². The molecule has 41 heavy (non-hydrogen) atoms. The second-order valence-electron chi connectivity index (χ2n) is 11.3. The highest BCUT2D eigenvalue weighted by molar-refractivity contribution is 7.91. The molecule has 1 aromatic carbocycles. The average Bonchev–Trinajstić information content (AvgIpc) is 3.71. The lowest BCUT2D eigenvalue weighted by Crippen LogP contribution is -2.50. The number of aromatic nitrogens is 4. The number of rotatable bonds is 7. The van der Waals surface area contributed by atoms with Gasteiger partial charge in [0.1, 0.15) is 11.7 Å². The maximum Gasteiger partial charge on any atom is 0.264 e. The molecule has 2 amide bonds. The average molecular weight is 584 g/mol. The minimum atomic E-state index is -3.00. The highest BCUT2D eigenvalue weighted by atomic mass is 32.2. The minimum absolute atomic E-state index is 0.0635. The summed E-state index contributed by atoms with van der Waals surface area (Å²) < 4.78 is 26.1. The monoisotopic (exact) mass is 583 g/mol. The summed E-state index contributed by atoms with van der Waals surface area (Å²) in [4.78, 5) is 46.1. The van der Waals surface area contributed by atoms with Crippen LogP contribution in [0.25, 0.3) is 16.7 Å². The molecule has 1 aliphatic carbocycles. The van der Waals surface area contributed by atoms with E-state index >= 15 is 0 Å². The zero-order valence-corrected chi connectivity index (χ0v) is 23.4. The second kappa shape index (κ2) is 10.7. The van der Waals surface area contributed by atoms with Crippen molar-refractivity contribution in [3.8, 4) is 5.69 Å². The van der Waals surface area contributed by atoms with E-state index < -0.39 is 15.4 Å². The molecule has 1 saturated carbocycles. The van der Waals surface area contributed by atoms with Gasteiger partial charge in [-0.1, -0.05) is 0 Å². The first-order valence-corrected chi connectivity index (χ1v) is 15.7. The third-order valence-electron chi connectivity index (χ3n) is 8.15. The molecule has 3 fully saturated rings. The van der Waals surface area contributed by atoms with E-state index in [2.05, 4.69) is 15.4 Å². The zero-order valence-electron chi connectivity index (χ0n) is 22.6. The largest absolute Gasteiger partial charge is 0.388 e. The number of carbonyl (C=O) groups excluding carboxylic acids is 2. The molecule has 13 nitrogen and oxygen atoms in total. The third-order valence-corrected chi connectivity index (χ3v) is 9.76. The van der Waals surface area contributed by atoms with E-state index in [9.17, 15) is 27.9 Å². The van der Waals surface area contributed by atoms with Gasteiger partial charge < -0.3 is 15.3 Å². The summed E-state index contributed by atoms with van der Waals surface area (Å²) in [6.45, 7) is 1.85. The number of nitrogens with zero attached hydrogens (tertiary/aromatic N) is 6. The Hall–Kier alpha value is -3.62. The number of fused-ring (bicyclic) bond motifs is 1. The molecule has 0 bridgehead atoms. The first-order chi connectivity index (χ1) is 19.6. The fraction of sp³-hybridized carbons (Fsp3) is 0.519. The van der Waals surface area contributed by atoms with Crippen molar-refractivity contribution in [3.63, 3.8) is 0 Å². The molecule has 6 rings (SSSR count). The topological polar surface area (TPSA) is 160 Å². The first kappa shape index (κ1) is 27.5. The van der Waals surface area contributed by atoms with Crippen molar-refractivity contribution >= 4 is 38.4 Å². The Labute approximate surface area is 236 Å². The number of hydrogen-bond acceptors (Lipinski definition) is 9. The number of sulfone groups is 1. The Balaban J connectivity index is 1.09. The minimum Gasteiger partial charge on any atom is -0.388 e. The Morgan fingerprint density at radius 2 is 1.73 bits per heavy atom. The van der Waals surface area contributed by atoms with Gasteiger partial charge in [-0.05, 0) is 49.9 Å². The van der Waals surface area contributed by atoms with Gasteiger partial charge in [-0.15, -0.1) is 0 Å². The van der Waals surface area contributed by atoms with Crippen molar-refractivity contribution in [2.24, 2.45) is 5.92 Å². The lowest BCUT2D eigenvalue weighted by atomic mass is 9.91. The molecule has 0 spiro atoms. The van der Waals surface area contributed by atoms with Crippen LogP contribution in [0, 0.1) is 5.92 Å². The Morgan fingerprint density at radius 1 is 1.05 bits per heavy atom. The van der Waals surface area contributed by atoms with E-state index in [-0.39, 0.29) is 47.9 Å². The maximum absolute atomic E-state index is 13.2. The third kappa shape index (κ3) is 6.04. The molecular formula is C27H33N7O6S. The smallest absolute Gasteiger partial charge is 0.264 e. The molecule has 2 aliphatic heterocycles. The van der Waals surface area contributed by atoms with Crippen LogP contribution in [0.2, 0.25) is 0 Å². The van der Waals surface area contributed by atoms with E-state index in [4.69, 9.17) is 0 Å². The van der Waals surface area contributed by atoms with Crippen LogP contribution in [0.4, 0.5) is 5.69 Å². The van der Waals surface area contributed by atoms with Crippen LogP contribution in [0.3, 0.4) is 0 Å². The van der Waals surface area contributed by atoms with Crippen LogP contribution >= 0.6 is 0 Å². The molecular weight excluding hydrogens is 550 g/mol. The lowest BCUT2D eigenvalue weighted by Gasteiger charge is -2.38. The van der Waals surface area contributed by atoms with Gasteiger partial charge in [-0.25, -0.2) is 18.1 Å². The van der Waals surface area contributed by atoms with E-state index in [1.54, 1.807) is 24.3 Å². The zero-order chi connectivity index (χ0) is 28.8. The first-order valence-electron chi connectivity index (χ1n) is 13.9. The molecule has 0 unspecified atom stereocenters. The summed E-state index contributed by atoms with van der Waals surface area (Å²) >= 11 is 0. The van der Waals surface area contributed by atoms with Crippen molar-refractivity contribution in [3.05, 3.63) is 47.1 Å². The summed E-state index contributed by atoms with van der Waals surface area (Å²) in [7, 11) is -3.00. The van der Waals surface area contributed by atoms with Crippen LogP contribution in [0.5, 0.6) is 0 Å². The standard InChI is InChI=1S/C27H33N7O6S/c35-23(16-31-11-13-41(39,40)14-12-31)30-20-3-5-21(6-4-20)34-24-22(15-29-34)26(37)33(18-28-24)17-27(38)7-9-32(10-8-27)25(36)19-1-2-19/h3-6,15,18-19,38H,1-2,7-14,16-17H2,(H,30,35). The van der Waals surface area contributed by atoms with Gasteiger partial charge in [-0.2, -0.15) is 5.10 Å². The Morgan fingerprint density at radius 3 is 2.39 bits per heavy atom. The summed E-state index contributed by atoms with van der Waals surface area (Å²) in [5, 5.41) is 18.7. The summed E-state index contributed by atoms with van der Waals surface area (Å²) in [5.74, 6) is 0.219. The fourth-order valence-electron chi connectivity index (χ4n) is 5.46. The van der Waals surface area contributed by atoms with Gasteiger partial charge in [0, 0.05) is 37.8 Å². The predicted molar refractivity (Wildman–Crippen MR) is 150 cm³/mol. The van der Waals surface area contributed by atoms with Crippen molar-refractivity contribution in [2.75, 3.05) is 49.5 Å². The molecule has 0 atom stereocenters. The Kier molecular flexibility index (Phi) is 7.16. The lowest BCUT2D eigenvalue weighted by molar-refractivity contribution is -0.137. The molecule has 4 heterocycles. The number of aliphatic hydroxyl groups is 1. The maximum atomic E-state index is 13.2. The fourth-order valence-corrected chi connectivity index (χ4v) is 6.73. The number of nitrogens with one attached hydrogen (secondary N) is 1. The van der Waals surface area contributed by atoms with E-state index in [0.29, 0.717) is 61.4 Å². The summed E-state index contributed by atoms with van der Waals surface area (Å²) in [6, 6.07) is 6.95. The van der Waals surface area contributed by atoms with Crippen LogP contribution in [-0.4, -0.2) is 104 Å². The highest BCUT2D eigenvalue weighted by Crippen LogP contribution is 2.33. The van der Waals surface area contributed by atoms with Crippen LogP contribution in [-0.2, 0) is 26.0 Å². The van der Waals surface area contributed by atoms with Crippen LogP contribution in [0.15, 0.2) is 41.6 Å². The van der Waals surface area contributed by atoms with Crippen LogP contribution in [0.1, 0.15) is 25.7 Å². The number of hydrogen-bond donors (Lipinski definition) is 2. The number of likely N-dealkylation sites (tertiary alicyclic amines) is 1. The van der Waals surface area contributed by atoms with Gasteiger partial charge in [0.2, 0.25) is 11.8 Å². The second-order valence-corrected chi connectivity index (χ2v) is 13.6. The molecule has 3 aliphatic rings. The van der Waals surface area contributed by atoms with Gasteiger partial charge >= 0.3 is 0 Å². The number of anilines is 1. The van der Waals surface area contributed by atoms with Crippen molar-refractivity contribution in [2.45, 2.75) is 37.8 Å². The van der Waals surface area contributed by atoms with Crippen molar-refractivity contribution < 1.29 is 23.1 Å². The summed E-state index contributed by atoms with van der Waals surface area (Å²) in [6.07, 6.45) is 5.58. The van der Waals surface area contributed by atoms with Gasteiger partial charge in [0.05, 0.1) is 42.1 Å². The molecule has 2 aromatic heterocycles. The normalized spacial score (nSPS) is 20.7. The van der Waals surface area contributed by atoms with Gasteiger partial charge in [0.15, 0.2) is 15.5 Å². The van der Waals surface area contributed by atoms with E-state index in [0.717, 1.165) is 12.8 Å². The SMILES string of the molecule is O=C(CN1CCS(=O)(=O)CC1)Nc1ccc(-n2ncc3c(=O)n(CC4(O)CCN(C(=O)C5CC5)CC4)cnc32)cc1. The quantitative estimate of drug-likeness (QED) is 0.391. The molecule has 2 N–H and O–H groups in total. The molecule has 2 saturated heterocycles. The van der Waals surface area contributed by atoms with Crippen molar-refractivity contribution in [1.29, 1.82) is 0 Å². The Bertz CT molecular complexity index is 1620. The summed E-state index contributed by atoms with van der Waals surface area (Å²) in [5.41, 5.74) is 0.200. The van der Waals surface area contributed by atoms with Crippen LogP contribution < -0.4 is 10.9 Å².